The Balaban J connectivity index is 2.28. The Bertz CT molecular complexity index is 533. The van der Waals surface area contributed by atoms with Crippen LogP contribution in [0.5, 0.6) is 0 Å². The molecule has 1 saturated carbocycles. The second kappa shape index (κ2) is 2.91. The molecule has 0 saturated heterocycles. The maximum atomic E-state index is 11.7. The molecular formula is C9H10N2O3S. The maximum Gasteiger partial charge on any atom is 0.362 e. The number of fused-ring (bicyclic) bond motifs is 3. The van der Waals surface area contributed by atoms with Gasteiger partial charge in [0.05, 0.1) is 10.6 Å². The monoisotopic (exact) mass is 226 g/mol. The van der Waals surface area contributed by atoms with Crippen LogP contribution in [0.25, 0.3) is 0 Å². The Kier molecular flexibility index (Phi) is 1.76. The summed E-state index contributed by atoms with van der Waals surface area (Å²) in [6.45, 7) is 0. The van der Waals surface area contributed by atoms with Gasteiger partial charge in [-0.2, -0.15) is 0 Å². The highest BCUT2D eigenvalue weighted by molar-refractivity contribution is 8.00. The second-order valence-electron chi connectivity index (χ2n) is 3.98. The number of nitrogens with one attached hydrogen (secondary N) is 1. The van der Waals surface area contributed by atoms with E-state index in [0.29, 0.717) is 15.8 Å². The van der Waals surface area contributed by atoms with Gasteiger partial charge in [-0.05, 0) is 12.8 Å². The van der Waals surface area contributed by atoms with Crippen molar-refractivity contribution in [2.75, 3.05) is 0 Å². The third-order valence-electron chi connectivity index (χ3n) is 3.17. The molecule has 0 amide bonds. The Labute approximate surface area is 89.1 Å². The molecule has 80 valence electrons. The van der Waals surface area contributed by atoms with E-state index in [1.165, 1.54) is 0 Å². The molecule has 1 aromatic heterocycles. The van der Waals surface area contributed by atoms with Crippen molar-refractivity contribution >= 4 is 11.8 Å². The fourth-order valence-electron chi connectivity index (χ4n) is 2.49. The van der Waals surface area contributed by atoms with Gasteiger partial charge in [0.25, 0.3) is 5.56 Å². The highest BCUT2D eigenvalue weighted by Gasteiger charge is 2.40. The zero-order valence-corrected chi connectivity index (χ0v) is 8.71. The van der Waals surface area contributed by atoms with Crippen molar-refractivity contribution in [1.82, 2.24) is 9.71 Å². The summed E-state index contributed by atoms with van der Waals surface area (Å²) in [5, 5.41) is 10.3. The number of hydrogen-bond acceptors (Lipinski definition) is 4. The van der Waals surface area contributed by atoms with Crippen molar-refractivity contribution in [3.05, 3.63) is 26.4 Å². The second-order valence-corrected chi connectivity index (χ2v) is 5.23. The maximum absolute atomic E-state index is 11.7. The van der Waals surface area contributed by atoms with Gasteiger partial charge in [0.2, 0.25) is 0 Å². The van der Waals surface area contributed by atoms with Crippen molar-refractivity contribution in [3.8, 4) is 0 Å². The number of rotatable bonds is 0. The average Bonchev–Trinajstić information content (AvgIpc) is 2.73. The Hall–Kier alpha value is -1.17. The summed E-state index contributed by atoms with van der Waals surface area (Å²) in [7, 11) is 0. The largest absolute Gasteiger partial charge is 0.421 e. The van der Waals surface area contributed by atoms with Crippen LogP contribution < -0.4 is 11.2 Å². The Morgan fingerprint density at radius 1 is 1.40 bits per heavy atom. The molecule has 2 N–H and O–H groups in total. The van der Waals surface area contributed by atoms with Crippen molar-refractivity contribution in [2.24, 2.45) is 0 Å². The van der Waals surface area contributed by atoms with Crippen molar-refractivity contribution < 1.29 is 5.21 Å². The van der Waals surface area contributed by atoms with E-state index in [1.54, 1.807) is 11.8 Å². The van der Waals surface area contributed by atoms with Crippen LogP contribution in [0.4, 0.5) is 0 Å². The van der Waals surface area contributed by atoms with Gasteiger partial charge in [-0.15, -0.1) is 11.8 Å². The van der Waals surface area contributed by atoms with Crippen LogP contribution >= 0.6 is 11.8 Å². The molecule has 1 fully saturated rings. The normalized spacial score (nSPS) is 27.7. The van der Waals surface area contributed by atoms with Crippen LogP contribution in [-0.4, -0.2) is 20.2 Å². The van der Waals surface area contributed by atoms with Gasteiger partial charge in [0.1, 0.15) is 0 Å². The molecule has 2 atom stereocenters. The van der Waals surface area contributed by atoms with Gasteiger partial charge in [0, 0.05) is 11.2 Å². The first-order valence-electron chi connectivity index (χ1n) is 4.93. The van der Waals surface area contributed by atoms with E-state index >= 15 is 0 Å². The lowest BCUT2D eigenvalue weighted by Crippen LogP contribution is -2.36. The molecular weight excluding hydrogens is 216 g/mol. The van der Waals surface area contributed by atoms with E-state index in [9.17, 15) is 14.8 Å². The summed E-state index contributed by atoms with van der Waals surface area (Å²) in [6, 6.07) is 0. The lowest BCUT2D eigenvalue weighted by atomic mass is 10.0. The van der Waals surface area contributed by atoms with E-state index < -0.39 is 11.2 Å². The minimum absolute atomic E-state index is 0.181. The van der Waals surface area contributed by atoms with E-state index in [0.717, 1.165) is 19.3 Å². The summed E-state index contributed by atoms with van der Waals surface area (Å²) < 4.78 is 0.181. The zero-order valence-electron chi connectivity index (χ0n) is 7.90. The summed E-state index contributed by atoms with van der Waals surface area (Å²) >= 11 is 1.56. The third-order valence-corrected chi connectivity index (χ3v) is 4.60. The van der Waals surface area contributed by atoms with Gasteiger partial charge in [0.15, 0.2) is 0 Å². The number of H-pyrrole nitrogens is 1. The minimum atomic E-state index is -0.744. The predicted molar refractivity (Wildman–Crippen MR) is 54.7 cm³/mol. The Morgan fingerprint density at radius 2 is 2.20 bits per heavy atom. The van der Waals surface area contributed by atoms with Gasteiger partial charge in [-0.3, -0.25) is 9.78 Å². The first-order chi connectivity index (χ1) is 7.18. The molecule has 15 heavy (non-hydrogen) atoms. The smallest absolute Gasteiger partial charge is 0.362 e. The zero-order chi connectivity index (χ0) is 10.6. The van der Waals surface area contributed by atoms with Gasteiger partial charge in [-0.1, -0.05) is 11.2 Å². The third kappa shape index (κ3) is 1.11. The SMILES string of the molecule is O=c1[nH]c2c(c(=O)n1O)C1CCCC1S2. The molecule has 2 heterocycles. The predicted octanol–water partition coefficient (Wildman–Crippen LogP) is 0.516. The lowest BCUT2D eigenvalue weighted by Gasteiger charge is -2.06. The first-order valence-corrected chi connectivity index (χ1v) is 5.81. The molecule has 0 bridgehead atoms. The van der Waals surface area contributed by atoms with Gasteiger partial charge >= 0.3 is 5.69 Å². The van der Waals surface area contributed by atoms with Crippen LogP contribution in [0.3, 0.4) is 0 Å². The van der Waals surface area contributed by atoms with Crippen LogP contribution in [0.2, 0.25) is 0 Å². The lowest BCUT2D eigenvalue weighted by molar-refractivity contribution is 0.157. The molecule has 1 aromatic rings. The van der Waals surface area contributed by atoms with Crippen molar-refractivity contribution in [1.29, 1.82) is 0 Å². The highest BCUT2D eigenvalue weighted by Crippen LogP contribution is 2.50. The standard InChI is InChI=1S/C9H10N2O3S/c12-8-6-4-2-1-3-5(4)15-7(6)10-9(13)11(8)14/h4-5,14H,1-3H2,(H,10,13). The summed E-state index contributed by atoms with van der Waals surface area (Å²) in [6.07, 6.45) is 3.18. The molecule has 2 unspecified atom stereocenters. The molecule has 2 aliphatic rings. The number of hydrogen-bond donors (Lipinski definition) is 2. The average molecular weight is 226 g/mol. The molecule has 3 rings (SSSR count). The topological polar surface area (TPSA) is 75.1 Å². The van der Waals surface area contributed by atoms with Crippen LogP contribution in [0, 0.1) is 0 Å². The molecule has 0 radical (unpaired) electrons. The fourth-order valence-corrected chi connectivity index (χ4v) is 4.03. The number of aromatic nitrogens is 2. The van der Waals surface area contributed by atoms with E-state index in [2.05, 4.69) is 4.98 Å². The molecule has 5 nitrogen and oxygen atoms in total. The minimum Gasteiger partial charge on any atom is -0.421 e. The summed E-state index contributed by atoms with van der Waals surface area (Å²) in [5.41, 5.74) is -0.688. The number of aromatic amines is 1. The highest BCUT2D eigenvalue weighted by atomic mass is 32.2. The van der Waals surface area contributed by atoms with E-state index in [-0.39, 0.29) is 10.6 Å². The van der Waals surface area contributed by atoms with Crippen LogP contribution in [0.1, 0.15) is 30.7 Å². The van der Waals surface area contributed by atoms with Crippen LogP contribution in [0.15, 0.2) is 14.6 Å². The summed E-state index contributed by atoms with van der Waals surface area (Å²) in [5.74, 6) is 0.216. The molecule has 0 aromatic carbocycles. The number of nitrogens with zero attached hydrogens (tertiary/aromatic N) is 1. The fraction of sp³-hybridized carbons (Fsp3) is 0.556. The molecule has 6 heteroatoms. The Morgan fingerprint density at radius 3 is 3.00 bits per heavy atom. The molecule has 0 spiro atoms. The van der Waals surface area contributed by atoms with Crippen molar-refractivity contribution in [3.63, 3.8) is 0 Å². The molecule has 1 aliphatic carbocycles. The summed E-state index contributed by atoms with van der Waals surface area (Å²) in [4.78, 5) is 25.4. The molecule has 1 aliphatic heterocycles. The van der Waals surface area contributed by atoms with E-state index in [1.807, 2.05) is 0 Å². The van der Waals surface area contributed by atoms with Gasteiger partial charge in [-0.25, -0.2) is 4.79 Å². The van der Waals surface area contributed by atoms with E-state index in [4.69, 9.17) is 0 Å². The van der Waals surface area contributed by atoms with Crippen LogP contribution in [-0.2, 0) is 0 Å². The number of thioether (sulfide) groups is 1. The van der Waals surface area contributed by atoms with Gasteiger partial charge < -0.3 is 5.21 Å². The first kappa shape index (κ1) is 9.08. The van der Waals surface area contributed by atoms with Crippen molar-refractivity contribution in [2.45, 2.75) is 35.5 Å². The quantitative estimate of drug-likeness (QED) is 0.499.